The number of benzene rings is 1. The van der Waals surface area contributed by atoms with Crippen LogP contribution in [0.1, 0.15) is 71.1 Å². The van der Waals surface area contributed by atoms with Crippen molar-refractivity contribution in [2.45, 2.75) is 76.4 Å². The van der Waals surface area contributed by atoms with Gasteiger partial charge in [0.25, 0.3) is 0 Å². The SMILES string of the molecule is CCCCCCCCCC(CCCOc1ccccc1)S(=O)(=O)[O-].[Na+]. The topological polar surface area (TPSA) is 66.4 Å². The summed E-state index contributed by atoms with van der Waals surface area (Å²) >= 11 is 0. The Kier molecular flexibility index (Phi) is 15.0. The van der Waals surface area contributed by atoms with Gasteiger partial charge in [-0.25, -0.2) is 8.42 Å². The van der Waals surface area contributed by atoms with Crippen LogP contribution >= 0.6 is 0 Å². The fraction of sp³-hybridized carbons (Fsp3) is 0.684. The molecule has 1 unspecified atom stereocenters. The molecule has 0 aromatic heterocycles. The fourth-order valence-corrected chi connectivity index (χ4v) is 3.69. The number of hydrogen-bond acceptors (Lipinski definition) is 4. The van der Waals surface area contributed by atoms with Crippen LogP contribution in [0.15, 0.2) is 30.3 Å². The molecule has 0 saturated carbocycles. The van der Waals surface area contributed by atoms with Crippen LogP contribution in [0.5, 0.6) is 5.75 Å². The smallest absolute Gasteiger partial charge is 0.748 e. The summed E-state index contributed by atoms with van der Waals surface area (Å²) in [4.78, 5) is 0. The van der Waals surface area contributed by atoms with E-state index in [1.807, 2.05) is 30.3 Å². The van der Waals surface area contributed by atoms with E-state index in [9.17, 15) is 13.0 Å². The molecule has 0 fully saturated rings. The van der Waals surface area contributed by atoms with Crippen molar-refractivity contribution in [3.05, 3.63) is 30.3 Å². The Bertz CT molecular complexity index is 519. The Morgan fingerprint density at radius 2 is 1.48 bits per heavy atom. The first-order valence-electron chi connectivity index (χ1n) is 9.16. The Morgan fingerprint density at radius 3 is 2.08 bits per heavy atom. The van der Waals surface area contributed by atoms with Crippen LogP contribution in [0.3, 0.4) is 0 Å². The van der Waals surface area contributed by atoms with Crippen LogP contribution in [0.4, 0.5) is 0 Å². The first kappa shape index (κ1) is 24.9. The minimum absolute atomic E-state index is 0. The van der Waals surface area contributed by atoms with Gasteiger partial charge in [0, 0.05) is 5.25 Å². The van der Waals surface area contributed by atoms with Gasteiger partial charge in [0.1, 0.15) is 5.75 Å². The van der Waals surface area contributed by atoms with Gasteiger partial charge >= 0.3 is 29.6 Å². The van der Waals surface area contributed by atoms with Crippen LogP contribution in [0, 0.1) is 0 Å². The monoisotopic (exact) mass is 378 g/mol. The number of unbranched alkanes of at least 4 members (excludes halogenated alkanes) is 6. The Hall–Kier alpha value is -0.0700. The van der Waals surface area contributed by atoms with E-state index >= 15 is 0 Å². The van der Waals surface area contributed by atoms with Crippen LogP contribution in [-0.4, -0.2) is 24.8 Å². The molecular weight excluding hydrogens is 347 g/mol. The van der Waals surface area contributed by atoms with Gasteiger partial charge in [0.05, 0.1) is 16.7 Å². The molecule has 0 heterocycles. The zero-order chi connectivity index (χ0) is 17.7. The van der Waals surface area contributed by atoms with E-state index in [0.717, 1.165) is 25.0 Å². The van der Waals surface area contributed by atoms with E-state index in [0.29, 0.717) is 25.9 Å². The maximum absolute atomic E-state index is 11.4. The van der Waals surface area contributed by atoms with E-state index < -0.39 is 15.4 Å². The van der Waals surface area contributed by atoms with Crippen molar-refractivity contribution in [2.24, 2.45) is 0 Å². The molecule has 0 aliphatic carbocycles. The molecule has 0 N–H and O–H groups in total. The second-order valence-corrected chi connectivity index (χ2v) is 7.98. The van der Waals surface area contributed by atoms with Gasteiger partial charge in [-0.3, -0.25) is 0 Å². The summed E-state index contributed by atoms with van der Waals surface area (Å²) in [5.74, 6) is 0.770. The molecule has 1 atom stereocenters. The number of rotatable bonds is 14. The third-order valence-electron chi connectivity index (χ3n) is 4.22. The molecule has 0 bridgehead atoms. The van der Waals surface area contributed by atoms with Crippen molar-refractivity contribution in [1.29, 1.82) is 0 Å². The van der Waals surface area contributed by atoms with Crippen molar-refractivity contribution >= 4 is 10.1 Å². The first-order valence-corrected chi connectivity index (χ1v) is 10.6. The van der Waals surface area contributed by atoms with Gasteiger partial charge in [0.15, 0.2) is 0 Å². The molecule has 4 nitrogen and oxygen atoms in total. The third kappa shape index (κ3) is 12.8. The summed E-state index contributed by atoms with van der Waals surface area (Å²) in [7, 11) is -4.22. The first-order chi connectivity index (χ1) is 11.5. The van der Waals surface area contributed by atoms with E-state index in [-0.39, 0.29) is 29.6 Å². The predicted molar refractivity (Wildman–Crippen MR) is 97.3 cm³/mol. The maximum atomic E-state index is 11.4. The van der Waals surface area contributed by atoms with Crippen molar-refractivity contribution in [3.8, 4) is 5.75 Å². The van der Waals surface area contributed by atoms with E-state index in [1.54, 1.807) is 0 Å². The summed E-state index contributed by atoms with van der Waals surface area (Å²) < 4.78 is 39.8. The molecule has 25 heavy (non-hydrogen) atoms. The van der Waals surface area contributed by atoms with Gasteiger partial charge in [-0.15, -0.1) is 0 Å². The Balaban J connectivity index is 0.00000576. The molecular formula is C19H31NaO4S. The molecule has 6 heteroatoms. The molecule has 0 radical (unpaired) electrons. The molecule has 0 aliphatic heterocycles. The zero-order valence-electron chi connectivity index (χ0n) is 15.8. The average molecular weight is 379 g/mol. The summed E-state index contributed by atoms with van der Waals surface area (Å²) in [5, 5.41) is -0.771. The van der Waals surface area contributed by atoms with Gasteiger partial charge in [-0.05, 0) is 31.4 Å². The third-order valence-corrected chi connectivity index (χ3v) is 5.51. The van der Waals surface area contributed by atoms with Crippen LogP contribution in [-0.2, 0) is 10.1 Å². The molecule has 0 saturated heterocycles. The summed E-state index contributed by atoms with van der Waals surface area (Å²) in [5.41, 5.74) is 0. The van der Waals surface area contributed by atoms with E-state index in [2.05, 4.69) is 6.92 Å². The van der Waals surface area contributed by atoms with E-state index in [4.69, 9.17) is 4.74 Å². The van der Waals surface area contributed by atoms with Crippen LogP contribution < -0.4 is 34.3 Å². The molecule has 0 spiro atoms. The van der Waals surface area contributed by atoms with Crippen LogP contribution in [0.25, 0.3) is 0 Å². The summed E-state index contributed by atoms with van der Waals surface area (Å²) in [6.07, 6.45) is 9.33. The molecule has 0 amide bonds. The zero-order valence-corrected chi connectivity index (χ0v) is 18.6. The normalized spacial score (nSPS) is 12.4. The number of hydrogen-bond donors (Lipinski definition) is 0. The van der Waals surface area contributed by atoms with Gasteiger partial charge in [-0.2, -0.15) is 0 Å². The minimum Gasteiger partial charge on any atom is -0.748 e. The Labute approximate surface area is 175 Å². The van der Waals surface area contributed by atoms with Crippen molar-refractivity contribution in [2.75, 3.05) is 6.61 Å². The molecule has 1 aromatic rings. The molecule has 1 rings (SSSR count). The van der Waals surface area contributed by atoms with Crippen molar-refractivity contribution in [3.63, 3.8) is 0 Å². The maximum Gasteiger partial charge on any atom is 1.00 e. The second kappa shape index (κ2) is 15.0. The fourth-order valence-electron chi connectivity index (χ4n) is 2.78. The van der Waals surface area contributed by atoms with E-state index in [1.165, 1.54) is 25.7 Å². The van der Waals surface area contributed by atoms with Crippen LogP contribution in [0.2, 0.25) is 0 Å². The molecule has 138 valence electrons. The molecule has 1 aromatic carbocycles. The quantitative estimate of drug-likeness (QED) is 0.282. The van der Waals surface area contributed by atoms with Crippen molar-refractivity contribution < 1.29 is 47.3 Å². The van der Waals surface area contributed by atoms with Gasteiger partial charge in [-0.1, -0.05) is 70.1 Å². The average Bonchev–Trinajstić information content (AvgIpc) is 2.55. The van der Waals surface area contributed by atoms with Gasteiger partial charge in [0.2, 0.25) is 0 Å². The Morgan fingerprint density at radius 1 is 0.920 bits per heavy atom. The van der Waals surface area contributed by atoms with Gasteiger partial charge < -0.3 is 9.29 Å². The largest absolute Gasteiger partial charge is 1.00 e. The number of para-hydroxylation sites is 1. The standard InChI is InChI=1S/C19H32O4S.Na/c1-2-3-4-5-6-7-11-15-19(24(20,21)22)16-12-17-23-18-13-9-8-10-14-18;/h8-10,13-14,19H,2-7,11-12,15-17H2,1H3,(H,20,21,22);/q;+1/p-1. The minimum atomic E-state index is -4.22. The summed E-state index contributed by atoms with van der Waals surface area (Å²) in [6.45, 7) is 2.62. The second-order valence-electron chi connectivity index (χ2n) is 6.33. The molecule has 0 aliphatic rings. The number of ether oxygens (including phenoxy) is 1. The predicted octanol–water partition coefficient (Wildman–Crippen LogP) is 1.90. The van der Waals surface area contributed by atoms with Crippen molar-refractivity contribution in [1.82, 2.24) is 0 Å². The summed E-state index contributed by atoms with van der Waals surface area (Å²) in [6, 6.07) is 9.41.